The lowest BCUT2D eigenvalue weighted by Crippen LogP contribution is -1.55. The third-order valence-electron chi connectivity index (χ3n) is 0.445. The fourth-order valence-corrected chi connectivity index (χ4v) is 0.374. The molecule has 0 radical (unpaired) electrons. The van der Waals surface area contributed by atoms with Crippen LogP contribution in [0.15, 0.2) is 16.5 Å². The zero-order valence-electron chi connectivity index (χ0n) is 4.59. The average Bonchev–Trinajstić information content (AvgIpc) is 1.69. The van der Waals surface area contributed by atoms with E-state index in [0.29, 0.717) is 0 Å². The van der Waals surface area contributed by atoms with Gasteiger partial charge in [0.2, 0.25) is 0 Å². The maximum atomic E-state index is 3.87. The van der Waals surface area contributed by atoms with Gasteiger partial charge >= 0.3 is 0 Å². The van der Waals surface area contributed by atoms with Crippen LogP contribution >= 0.6 is 11.9 Å². The van der Waals surface area contributed by atoms with Crippen LogP contribution < -0.4 is 0 Å². The SMILES string of the molecule is C/C=C\C=N/SC. The molecule has 0 saturated carbocycles. The summed E-state index contributed by atoms with van der Waals surface area (Å²) >= 11 is 1.46. The molecule has 0 amide bonds. The van der Waals surface area contributed by atoms with Crippen molar-refractivity contribution in [3.8, 4) is 0 Å². The lowest BCUT2D eigenvalue weighted by atomic mass is 10.6. The lowest BCUT2D eigenvalue weighted by molar-refractivity contribution is 1.77. The second-order valence-electron chi connectivity index (χ2n) is 0.963. The van der Waals surface area contributed by atoms with Gasteiger partial charge in [-0.05, 0) is 24.9 Å². The van der Waals surface area contributed by atoms with Crippen LogP contribution in [0.25, 0.3) is 0 Å². The molecule has 0 aliphatic heterocycles. The highest BCUT2D eigenvalue weighted by molar-refractivity contribution is 7.97. The summed E-state index contributed by atoms with van der Waals surface area (Å²) in [6.07, 6.45) is 7.54. The van der Waals surface area contributed by atoms with Crippen molar-refractivity contribution in [2.75, 3.05) is 6.26 Å². The first kappa shape index (κ1) is 6.76. The van der Waals surface area contributed by atoms with E-state index in [1.807, 2.05) is 25.3 Å². The summed E-state index contributed by atoms with van der Waals surface area (Å²) in [4.78, 5) is 0. The van der Waals surface area contributed by atoms with E-state index in [2.05, 4.69) is 4.40 Å². The minimum absolute atomic E-state index is 1.46. The van der Waals surface area contributed by atoms with Crippen molar-refractivity contribution in [3.05, 3.63) is 12.2 Å². The number of hydrogen-bond donors (Lipinski definition) is 0. The van der Waals surface area contributed by atoms with Crippen LogP contribution in [0.2, 0.25) is 0 Å². The third-order valence-corrected chi connectivity index (χ3v) is 0.777. The van der Waals surface area contributed by atoms with Gasteiger partial charge in [0.1, 0.15) is 0 Å². The Hall–Kier alpha value is -0.240. The monoisotopic (exact) mass is 115 g/mol. The molecule has 0 aromatic heterocycles. The van der Waals surface area contributed by atoms with Crippen LogP contribution in [0.5, 0.6) is 0 Å². The van der Waals surface area contributed by atoms with Crippen molar-refractivity contribution in [2.24, 2.45) is 4.40 Å². The highest BCUT2D eigenvalue weighted by atomic mass is 32.2. The molecule has 0 atom stereocenters. The van der Waals surface area contributed by atoms with E-state index >= 15 is 0 Å². The van der Waals surface area contributed by atoms with E-state index in [1.54, 1.807) is 6.21 Å². The Kier molecular flexibility index (Phi) is 5.56. The van der Waals surface area contributed by atoms with Crippen molar-refractivity contribution in [2.45, 2.75) is 6.92 Å². The highest BCUT2D eigenvalue weighted by Crippen LogP contribution is 1.88. The van der Waals surface area contributed by atoms with Crippen LogP contribution in [0.1, 0.15) is 6.92 Å². The van der Waals surface area contributed by atoms with Gasteiger partial charge in [-0.3, -0.25) is 0 Å². The molecule has 0 unspecified atom stereocenters. The summed E-state index contributed by atoms with van der Waals surface area (Å²) in [7, 11) is 0. The second kappa shape index (κ2) is 5.76. The molecule has 0 aromatic carbocycles. The minimum atomic E-state index is 1.46. The van der Waals surface area contributed by atoms with Crippen molar-refractivity contribution >= 4 is 18.2 Å². The lowest BCUT2D eigenvalue weighted by Gasteiger charge is -1.71. The molecule has 0 rings (SSSR count). The Balaban J connectivity index is 3.09. The molecule has 0 fully saturated rings. The molecule has 0 N–H and O–H groups in total. The normalized spacial score (nSPS) is 11.7. The fraction of sp³-hybridized carbons (Fsp3) is 0.400. The molecule has 0 heterocycles. The summed E-state index contributed by atoms with van der Waals surface area (Å²) in [6.45, 7) is 1.96. The molecule has 7 heavy (non-hydrogen) atoms. The van der Waals surface area contributed by atoms with Gasteiger partial charge in [-0.15, -0.1) is 0 Å². The van der Waals surface area contributed by atoms with E-state index < -0.39 is 0 Å². The second-order valence-corrected chi connectivity index (χ2v) is 1.54. The van der Waals surface area contributed by atoms with Crippen molar-refractivity contribution < 1.29 is 0 Å². The molecule has 2 heteroatoms. The Morgan fingerprint density at radius 2 is 2.29 bits per heavy atom. The predicted molar refractivity (Wildman–Crippen MR) is 36.8 cm³/mol. The van der Waals surface area contributed by atoms with Crippen LogP contribution in [0.3, 0.4) is 0 Å². The van der Waals surface area contributed by atoms with Gasteiger partial charge in [0.25, 0.3) is 0 Å². The van der Waals surface area contributed by atoms with Crippen LogP contribution in [-0.2, 0) is 0 Å². The van der Waals surface area contributed by atoms with E-state index in [9.17, 15) is 0 Å². The molecule has 1 nitrogen and oxygen atoms in total. The van der Waals surface area contributed by atoms with Gasteiger partial charge in [0.15, 0.2) is 0 Å². The van der Waals surface area contributed by atoms with Crippen molar-refractivity contribution in [1.29, 1.82) is 0 Å². The van der Waals surface area contributed by atoms with E-state index in [4.69, 9.17) is 0 Å². The zero-order valence-corrected chi connectivity index (χ0v) is 5.40. The topological polar surface area (TPSA) is 12.4 Å². The van der Waals surface area contributed by atoms with Gasteiger partial charge in [-0.2, -0.15) is 0 Å². The Morgan fingerprint density at radius 3 is 2.71 bits per heavy atom. The maximum absolute atomic E-state index is 3.87. The number of nitrogens with zero attached hydrogens (tertiary/aromatic N) is 1. The largest absolute Gasteiger partial charge is 0.225 e. The van der Waals surface area contributed by atoms with Crippen molar-refractivity contribution in [3.63, 3.8) is 0 Å². The summed E-state index contributed by atoms with van der Waals surface area (Å²) in [5, 5.41) is 0. The minimum Gasteiger partial charge on any atom is -0.225 e. The zero-order chi connectivity index (χ0) is 5.54. The molecule has 0 bridgehead atoms. The van der Waals surface area contributed by atoms with Gasteiger partial charge in [0.05, 0.1) is 0 Å². The smallest absolute Gasteiger partial charge is 0.0348 e. The summed E-state index contributed by atoms with van der Waals surface area (Å²) in [5.41, 5.74) is 0. The maximum Gasteiger partial charge on any atom is 0.0348 e. The Labute approximate surface area is 48.7 Å². The first-order chi connectivity index (χ1) is 3.41. The molecule has 0 aliphatic rings. The number of hydrogen-bond acceptors (Lipinski definition) is 2. The molecule has 0 aliphatic carbocycles. The summed E-state index contributed by atoms with van der Waals surface area (Å²) in [5.74, 6) is 0. The third kappa shape index (κ3) is 5.76. The molecule has 0 aromatic rings. The molecular formula is C5H9NS. The van der Waals surface area contributed by atoms with Crippen LogP contribution in [0, 0.1) is 0 Å². The Bertz CT molecular complexity index is 76.1. The molecule has 0 spiro atoms. The standard InChI is InChI=1S/C5H9NS/c1-3-4-5-6-7-2/h3-5H,1-2H3/b4-3-,6-5-. The van der Waals surface area contributed by atoms with Gasteiger partial charge in [-0.25, -0.2) is 4.40 Å². The fourth-order valence-electron chi connectivity index (χ4n) is 0.182. The van der Waals surface area contributed by atoms with Gasteiger partial charge in [-0.1, -0.05) is 6.08 Å². The molecular weight excluding hydrogens is 106 g/mol. The average molecular weight is 115 g/mol. The number of allylic oxidation sites excluding steroid dienone is 2. The van der Waals surface area contributed by atoms with Crippen molar-refractivity contribution in [1.82, 2.24) is 0 Å². The van der Waals surface area contributed by atoms with E-state index in [1.165, 1.54) is 11.9 Å². The Morgan fingerprint density at radius 1 is 1.57 bits per heavy atom. The molecule has 0 saturated heterocycles. The quantitative estimate of drug-likeness (QED) is 0.395. The number of rotatable bonds is 2. The summed E-state index contributed by atoms with van der Waals surface area (Å²) in [6, 6.07) is 0. The predicted octanol–water partition coefficient (Wildman–Crippen LogP) is 1.91. The highest BCUT2D eigenvalue weighted by Gasteiger charge is 1.58. The summed E-state index contributed by atoms with van der Waals surface area (Å²) < 4.78 is 3.87. The van der Waals surface area contributed by atoms with Gasteiger partial charge in [0, 0.05) is 12.5 Å². The van der Waals surface area contributed by atoms with E-state index in [0.717, 1.165) is 0 Å². The van der Waals surface area contributed by atoms with Gasteiger partial charge < -0.3 is 0 Å². The molecule has 40 valence electrons. The van der Waals surface area contributed by atoms with Crippen LogP contribution in [-0.4, -0.2) is 12.5 Å². The first-order valence-corrected chi connectivity index (χ1v) is 3.27. The van der Waals surface area contributed by atoms with E-state index in [-0.39, 0.29) is 0 Å². The first-order valence-electron chi connectivity index (χ1n) is 2.09. The van der Waals surface area contributed by atoms with Crippen LogP contribution in [0.4, 0.5) is 0 Å².